The van der Waals surface area contributed by atoms with E-state index in [2.05, 4.69) is 4.98 Å². The maximum absolute atomic E-state index is 5.71. The number of nitrogens with zero attached hydrogens (tertiary/aromatic N) is 2. The number of ether oxygens (including phenoxy) is 1. The van der Waals surface area contributed by atoms with Gasteiger partial charge in [0.1, 0.15) is 11.6 Å². The summed E-state index contributed by atoms with van der Waals surface area (Å²) in [6.45, 7) is 2.49. The molecule has 0 fully saturated rings. The second kappa shape index (κ2) is 4.59. The first-order chi connectivity index (χ1) is 8.17. The Kier molecular flexibility index (Phi) is 3.15. The number of aryl methyl sites for hydroxylation is 1. The van der Waals surface area contributed by atoms with E-state index in [9.17, 15) is 0 Å². The van der Waals surface area contributed by atoms with Crippen molar-refractivity contribution < 1.29 is 4.74 Å². The average molecular weight is 231 g/mol. The zero-order chi connectivity index (χ0) is 12.4. The number of hydrogen-bond acceptors (Lipinski definition) is 3. The van der Waals surface area contributed by atoms with Crippen molar-refractivity contribution in [2.24, 2.45) is 12.8 Å². The van der Waals surface area contributed by atoms with Gasteiger partial charge in [-0.3, -0.25) is 0 Å². The molecule has 4 heteroatoms. The van der Waals surface area contributed by atoms with Gasteiger partial charge in [-0.15, -0.1) is 0 Å². The van der Waals surface area contributed by atoms with E-state index in [1.54, 1.807) is 7.11 Å². The summed E-state index contributed by atoms with van der Waals surface area (Å²) < 4.78 is 7.18. The van der Waals surface area contributed by atoms with E-state index in [0.29, 0.717) is 6.54 Å². The third-order valence-electron chi connectivity index (χ3n) is 2.96. The van der Waals surface area contributed by atoms with Crippen LogP contribution in [0.2, 0.25) is 0 Å². The lowest BCUT2D eigenvalue weighted by Gasteiger charge is -2.05. The number of methoxy groups -OCH3 is 1. The van der Waals surface area contributed by atoms with E-state index in [1.807, 2.05) is 42.8 Å². The van der Waals surface area contributed by atoms with Crippen LogP contribution in [0.3, 0.4) is 0 Å². The fourth-order valence-electron chi connectivity index (χ4n) is 1.95. The summed E-state index contributed by atoms with van der Waals surface area (Å²) in [5.74, 6) is 1.78. The second-order valence-electron chi connectivity index (χ2n) is 3.96. The number of rotatable bonds is 3. The highest BCUT2D eigenvalue weighted by Crippen LogP contribution is 2.23. The van der Waals surface area contributed by atoms with Gasteiger partial charge in [0.05, 0.1) is 18.5 Å². The van der Waals surface area contributed by atoms with Gasteiger partial charge in [0.15, 0.2) is 0 Å². The summed E-state index contributed by atoms with van der Waals surface area (Å²) in [5.41, 5.74) is 8.83. The standard InChI is InChI=1S/C13H17N3O/c1-9-12(8-14)16(2)13(15-9)10-4-6-11(17-3)7-5-10/h4-7H,8,14H2,1-3H3. The van der Waals surface area contributed by atoms with E-state index in [0.717, 1.165) is 28.5 Å². The summed E-state index contributed by atoms with van der Waals surface area (Å²) >= 11 is 0. The minimum Gasteiger partial charge on any atom is -0.497 e. The number of aromatic nitrogens is 2. The van der Waals surface area contributed by atoms with Crippen molar-refractivity contribution in [1.29, 1.82) is 0 Å². The topological polar surface area (TPSA) is 53.1 Å². The minimum absolute atomic E-state index is 0.505. The Labute approximate surface area is 101 Å². The van der Waals surface area contributed by atoms with Crippen LogP contribution in [0.4, 0.5) is 0 Å². The van der Waals surface area contributed by atoms with Crippen molar-refractivity contribution in [2.45, 2.75) is 13.5 Å². The molecule has 4 nitrogen and oxygen atoms in total. The zero-order valence-electron chi connectivity index (χ0n) is 10.4. The molecule has 0 aliphatic carbocycles. The Morgan fingerprint density at radius 2 is 1.94 bits per heavy atom. The molecule has 0 aliphatic heterocycles. The SMILES string of the molecule is COc1ccc(-c2nc(C)c(CN)n2C)cc1. The fourth-order valence-corrected chi connectivity index (χ4v) is 1.95. The normalized spacial score (nSPS) is 10.6. The molecule has 17 heavy (non-hydrogen) atoms. The van der Waals surface area contributed by atoms with Crippen molar-refractivity contribution in [3.05, 3.63) is 35.7 Å². The van der Waals surface area contributed by atoms with Crippen LogP contribution in [0.25, 0.3) is 11.4 Å². The Hall–Kier alpha value is -1.81. The van der Waals surface area contributed by atoms with Crippen LogP contribution in [-0.2, 0) is 13.6 Å². The van der Waals surface area contributed by atoms with E-state index in [4.69, 9.17) is 10.5 Å². The molecule has 2 rings (SSSR count). The van der Waals surface area contributed by atoms with Gasteiger partial charge in [0.2, 0.25) is 0 Å². The van der Waals surface area contributed by atoms with Crippen molar-refractivity contribution in [3.63, 3.8) is 0 Å². The summed E-state index contributed by atoms with van der Waals surface area (Å²) in [4.78, 5) is 4.55. The monoisotopic (exact) mass is 231 g/mol. The highest BCUT2D eigenvalue weighted by atomic mass is 16.5. The predicted molar refractivity (Wildman–Crippen MR) is 67.8 cm³/mol. The largest absolute Gasteiger partial charge is 0.497 e. The maximum atomic E-state index is 5.71. The molecule has 0 aliphatic rings. The molecular weight excluding hydrogens is 214 g/mol. The predicted octanol–water partition coefficient (Wildman–Crippen LogP) is 1.86. The third kappa shape index (κ3) is 2.03. The molecule has 0 amide bonds. The Morgan fingerprint density at radius 3 is 2.41 bits per heavy atom. The Balaban J connectivity index is 2.45. The van der Waals surface area contributed by atoms with E-state index >= 15 is 0 Å². The second-order valence-corrected chi connectivity index (χ2v) is 3.96. The molecular formula is C13H17N3O. The Morgan fingerprint density at radius 1 is 1.29 bits per heavy atom. The highest BCUT2D eigenvalue weighted by Gasteiger charge is 2.11. The van der Waals surface area contributed by atoms with Crippen LogP contribution in [0.15, 0.2) is 24.3 Å². The van der Waals surface area contributed by atoms with Crippen LogP contribution in [0.5, 0.6) is 5.75 Å². The summed E-state index contributed by atoms with van der Waals surface area (Å²) in [5, 5.41) is 0. The number of imidazole rings is 1. The van der Waals surface area contributed by atoms with Gasteiger partial charge in [0.25, 0.3) is 0 Å². The van der Waals surface area contributed by atoms with Crippen LogP contribution >= 0.6 is 0 Å². The molecule has 0 saturated heterocycles. The lowest BCUT2D eigenvalue weighted by molar-refractivity contribution is 0.415. The molecule has 0 atom stereocenters. The quantitative estimate of drug-likeness (QED) is 0.877. The fraction of sp³-hybridized carbons (Fsp3) is 0.308. The number of hydrogen-bond donors (Lipinski definition) is 1. The van der Waals surface area contributed by atoms with Gasteiger partial charge in [-0.1, -0.05) is 0 Å². The van der Waals surface area contributed by atoms with Crippen molar-refractivity contribution in [2.75, 3.05) is 7.11 Å². The molecule has 2 aromatic rings. The smallest absolute Gasteiger partial charge is 0.140 e. The summed E-state index contributed by atoms with van der Waals surface area (Å²) in [7, 11) is 3.65. The molecule has 90 valence electrons. The van der Waals surface area contributed by atoms with Crippen LogP contribution < -0.4 is 10.5 Å². The molecule has 1 aromatic heterocycles. The van der Waals surface area contributed by atoms with Gasteiger partial charge in [-0.05, 0) is 31.2 Å². The van der Waals surface area contributed by atoms with Gasteiger partial charge in [-0.25, -0.2) is 4.98 Å². The van der Waals surface area contributed by atoms with Gasteiger partial charge in [-0.2, -0.15) is 0 Å². The third-order valence-corrected chi connectivity index (χ3v) is 2.96. The molecule has 0 unspecified atom stereocenters. The van der Waals surface area contributed by atoms with Gasteiger partial charge < -0.3 is 15.0 Å². The molecule has 0 saturated carbocycles. The van der Waals surface area contributed by atoms with E-state index in [-0.39, 0.29) is 0 Å². The summed E-state index contributed by atoms with van der Waals surface area (Å²) in [6, 6.07) is 7.87. The van der Waals surface area contributed by atoms with Crippen molar-refractivity contribution in [1.82, 2.24) is 9.55 Å². The lowest BCUT2D eigenvalue weighted by Crippen LogP contribution is -2.05. The lowest BCUT2D eigenvalue weighted by atomic mass is 10.2. The average Bonchev–Trinajstić information content (AvgIpc) is 2.64. The van der Waals surface area contributed by atoms with Crippen molar-refractivity contribution >= 4 is 0 Å². The summed E-state index contributed by atoms with van der Waals surface area (Å²) in [6.07, 6.45) is 0. The van der Waals surface area contributed by atoms with Crippen LogP contribution in [0, 0.1) is 6.92 Å². The first kappa shape index (κ1) is 11.7. The van der Waals surface area contributed by atoms with Crippen LogP contribution in [-0.4, -0.2) is 16.7 Å². The van der Waals surface area contributed by atoms with E-state index in [1.165, 1.54) is 0 Å². The zero-order valence-corrected chi connectivity index (χ0v) is 10.4. The van der Waals surface area contributed by atoms with E-state index < -0.39 is 0 Å². The maximum Gasteiger partial charge on any atom is 0.140 e. The highest BCUT2D eigenvalue weighted by molar-refractivity contribution is 5.58. The molecule has 0 bridgehead atoms. The van der Waals surface area contributed by atoms with Crippen LogP contribution in [0.1, 0.15) is 11.4 Å². The molecule has 0 spiro atoms. The first-order valence-electron chi connectivity index (χ1n) is 5.54. The number of nitrogens with two attached hydrogens (primary N) is 1. The molecule has 1 aromatic carbocycles. The van der Waals surface area contributed by atoms with Gasteiger partial charge >= 0.3 is 0 Å². The Bertz CT molecular complexity index is 514. The minimum atomic E-state index is 0.505. The molecule has 1 heterocycles. The van der Waals surface area contributed by atoms with Crippen molar-refractivity contribution in [3.8, 4) is 17.1 Å². The van der Waals surface area contributed by atoms with Gasteiger partial charge in [0, 0.05) is 19.2 Å². The number of benzene rings is 1. The first-order valence-corrected chi connectivity index (χ1v) is 5.54. The molecule has 0 radical (unpaired) electrons. The molecule has 2 N–H and O–H groups in total.